The third-order valence-electron chi connectivity index (χ3n) is 2.75. The molecule has 0 saturated carbocycles. The van der Waals surface area contributed by atoms with Crippen LogP contribution in [0.3, 0.4) is 0 Å². The van der Waals surface area contributed by atoms with E-state index in [1.165, 1.54) is 12.3 Å². The highest BCUT2D eigenvalue weighted by Gasteiger charge is 2.14. The zero-order chi connectivity index (χ0) is 13.0. The minimum Gasteiger partial charge on any atom is -0.478 e. The van der Waals surface area contributed by atoms with E-state index in [-0.39, 0.29) is 11.6 Å². The van der Waals surface area contributed by atoms with Gasteiger partial charge in [0.05, 0.1) is 12.8 Å². The van der Waals surface area contributed by atoms with Crippen molar-refractivity contribution in [2.24, 2.45) is 0 Å². The van der Waals surface area contributed by atoms with E-state index in [2.05, 4.69) is 10.3 Å². The third-order valence-corrected chi connectivity index (χ3v) is 2.75. The van der Waals surface area contributed by atoms with Crippen molar-refractivity contribution in [3.63, 3.8) is 0 Å². The quantitative estimate of drug-likeness (QED) is 0.846. The van der Waals surface area contributed by atoms with Gasteiger partial charge in [0.15, 0.2) is 0 Å². The molecule has 1 atom stereocenters. The number of carboxylic acids is 1. The fraction of sp³-hybridized carbons (Fsp3) is 0.231. The molecule has 5 heteroatoms. The lowest BCUT2D eigenvalue weighted by atomic mass is 10.1. The number of nitrogens with zero attached hydrogens (tertiary/aromatic N) is 1. The summed E-state index contributed by atoms with van der Waals surface area (Å²) in [5, 5.41) is 12.2. The molecule has 18 heavy (non-hydrogen) atoms. The lowest BCUT2D eigenvalue weighted by Gasteiger charge is -2.13. The second-order valence-electron chi connectivity index (χ2n) is 3.95. The third kappa shape index (κ3) is 2.75. The van der Waals surface area contributed by atoms with E-state index in [0.717, 1.165) is 5.56 Å². The fourth-order valence-corrected chi connectivity index (χ4v) is 1.68. The van der Waals surface area contributed by atoms with Crippen LogP contribution < -0.4 is 5.32 Å². The Morgan fingerprint density at radius 1 is 1.44 bits per heavy atom. The molecule has 0 fully saturated rings. The van der Waals surface area contributed by atoms with Gasteiger partial charge in [-0.1, -0.05) is 0 Å². The minimum absolute atomic E-state index is 0.0970. The zero-order valence-corrected chi connectivity index (χ0v) is 9.96. The summed E-state index contributed by atoms with van der Waals surface area (Å²) in [6, 6.07) is 5.38. The summed E-state index contributed by atoms with van der Waals surface area (Å²) < 4.78 is 5.16. The molecule has 0 radical (unpaired) electrons. The maximum absolute atomic E-state index is 10.9. The zero-order valence-electron chi connectivity index (χ0n) is 9.96. The Morgan fingerprint density at radius 2 is 2.17 bits per heavy atom. The molecule has 0 bridgehead atoms. The first kappa shape index (κ1) is 12.3. The van der Waals surface area contributed by atoms with Crippen LogP contribution in [0.2, 0.25) is 0 Å². The van der Waals surface area contributed by atoms with Crippen molar-refractivity contribution in [2.75, 3.05) is 0 Å². The predicted molar refractivity (Wildman–Crippen MR) is 65.2 cm³/mol. The van der Waals surface area contributed by atoms with Gasteiger partial charge < -0.3 is 14.8 Å². The summed E-state index contributed by atoms with van der Waals surface area (Å²) in [5.41, 5.74) is 1.29. The van der Waals surface area contributed by atoms with Gasteiger partial charge in [-0.25, -0.2) is 4.79 Å². The van der Waals surface area contributed by atoms with Gasteiger partial charge in [-0.15, -0.1) is 0 Å². The molecule has 5 nitrogen and oxygen atoms in total. The van der Waals surface area contributed by atoms with Gasteiger partial charge in [0.1, 0.15) is 11.3 Å². The number of carboxylic acid groups (broad SMARTS) is 1. The van der Waals surface area contributed by atoms with Gasteiger partial charge in [-0.05, 0) is 30.7 Å². The molecular weight excluding hydrogens is 232 g/mol. The molecule has 0 unspecified atom stereocenters. The largest absolute Gasteiger partial charge is 0.478 e. The van der Waals surface area contributed by atoms with Gasteiger partial charge >= 0.3 is 5.97 Å². The van der Waals surface area contributed by atoms with Gasteiger partial charge in [0, 0.05) is 18.4 Å². The summed E-state index contributed by atoms with van der Waals surface area (Å²) in [4.78, 5) is 14.9. The van der Waals surface area contributed by atoms with E-state index in [1.54, 1.807) is 12.4 Å². The highest BCUT2D eigenvalue weighted by atomic mass is 16.4. The van der Waals surface area contributed by atoms with Crippen molar-refractivity contribution >= 4 is 5.97 Å². The lowest BCUT2D eigenvalue weighted by molar-refractivity contribution is 0.0694. The summed E-state index contributed by atoms with van der Waals surface area (Å²) in [5.74, 6) is -0.541. The van der Waals surface area contributed by atoms with E-state index in [0.29, 0.717) is 12.3 Å². The van der Waals surface area contributed by atoms with Crippen molar-refractivity contribution < 1.29 is 14.3 Å². The first-order valence-electron chi connectivity index (χ1n) is 5.61. The molecule has 0 aromatic carbocycles. The number of aromatic nitrogens is 1. The second-order valence-corrected chi connectivity index (χ2v) is 3.95. The van der Waals surface area contributed by atoms with Gasteiger partial charge in [0.2, 0.25) is 0 Å². The topological polar surface area (TPSA) is 75.4 Å². The highest BCUT2D eigenvalue weighted by molar-refractivity contribution is 5.88. The fourth-order valence-electron chi connectivity index (χ4n) is 1.68. The van der Waals surface area contributed by atoms with Gasteiger partial charge in [-0.3, -0.25) is 4.98 Å². The van der Waals surface area contributed by atoms with Crippen LogP contribution in [0.15, 0.2) is 41.3 Å². The van der Waals surface area contributed by atoms with Crippen molar-refractivity contribution in [3.05, 3.63) is 53.7 Å². The van der Waals surface area contributed by atoms with Crippen molar-refractivity contribution in [2.45, 2.75) is 19.5 Å². The van der Waals surface area contributed by atoms with E-state index in [1.807, 2.05) is 19.1 Å². The molecule has 2 heterocycles. The normalized spacial score (nSPS) is 12.3. The Bertz CT molecular complexity index is 522. The molecule has 2 rings (SSSR count). The molecule has 94 valence electrons. The van der Waals surface area contributed by atoms with Crippen LogP contribution in [0.25, 0.3) is 0 Å². The van der Waals surface area contributed by atoms with Crippen LogP contribution in [-0.4, -0.2) is 16.1 Å². The van der Waals surface area contributed by atoms with E-state index in [4.69, 9.17) is 9.52 Å². The monoisotopic (exact) mass is 246 g/mol. The molecule has 0 aliphatic heterocycles. The maximum atomic E-state index is 10.9. The number of carbonyl (C=O) groups is 1. The molecule has 2 aromatic rings. The molecule has 2 N–H and O–H groups in total. The van der Waals surface area contributed by atoms with Crippen LogP contribution in [0.4, 0.5) is 0 Å². The number of nitrogens with one attached hydrogen (secondary N) is 1. The van der Waals surface area contributed by atoms with Crippen LogP contribution in [-0.2, 0) is 6.54 Å². The number of hydrogen-bond acceptors (Lipinski definition) is 4. The molecule has 2 aromatic heterocycles. The van der Waals surface area contributed by atoms with Crippen LogP contribution in [0, 0.1) is 0 Å². The summed E-state index contributed by atoms with van der Waals surface area (Å²) in [7, 11) is 0. The summed E-state index contributed by atoms with van der Waals surface area (Å²) >= 11 is 0. The summed E-state index contributed by atoms with van der Waals surface area (Å²) in [6.07, 6.45) is 4.84. The Kier molecular flexibility index (Phi) is 3.74. The second kappa shape index (κ2) is 5.46. The predicted octanol–water partition coefficient (Wildman–Crippen LogP) is 2.22. The standard InChI is InChI=1S/C13H14N2O3/c1-9(10-2-5-14-6-3-10)15-8-12-11(13(16)17)4-7-18-12/h2-7,9,15H,8H2,1H3,(H,16,17)/t9-/m1/s1. The number of hydrogen-bond donors (Lipinski definition) is 2. The number of rotatable bonds is 5. The Labute approximate surface area is 104 Å². The smallest absolute Gasteiger partial charge is 0.339 e. The first-order valence-corrected chi connectivity index (χ1v) is 5.61. The average Bonchev–Trinajstić information content (AvgIpc) is 2.85. The molecular formula is C13H14N2O3. The van der Waals surface area contributed by atoms with E-state index >= 15 is 0 Å². The number of pyridine rings is 1. The average molecular weight is 246 g/mol. The number of furan rings is 1. The summed E-state index contributed by atoms with van der Waals surface area (Å²) in [6.45, 7) is 2.37. The number of aromatic carboxylic acids is 1. The SMILES string of the molecule is C[C@@H](NCc1occc1C(=O)O)c1ccncc1. The van der Waals surface area contributed by atoms with Crippen LogP contribution in [0.1, 0.15) is 34.6 Å². The van der Waals surface area contributed by atoms with E-state index < -0.39 is 5.97 Å². The molecule has 0 aliphatic carbocycles. The van der Waals surface area contributed by atoms with Crippen molar-refractivity contribution in [1.82, 2.24) is 10.3 Å². The highest BCUT2D eigenvalue weighted by Crippen LogP contribution is 2.14. The molecule has 0 aliphatic rings. The molecule has 0 amide bonds. The molecule has 0 spiro atoms. The Hall–Kier alpha value is -2.14. The maximum Gasteiger partial charge on any atom is 0.339 e. The van der Waals surface area contributed by atoms with Crippen LogP contribution in [0.5, 0.6) is 0 Å². The van der Waals surface area contributed by atoms with Gasteiger partial charge in [-0.2, -0.15) is 0 Å². The Balaban J connectivity index is 1.99. The van der Waals surface area contributed by atoms with Crippen LogP contribution >= 0.6 is 0 Å². The van der Waals surface area contributed by atoms with Crippen molar-refractivity contribution in [1.29, 1.82) is 0 Å². The van der Waals surface area contributed by atoms with Crippen molar-refractivity contribution in [3.8, 4) is 0 Å². The lowest BCUT2D eigenvalue weighted by Crippen LogP contribution is -2.19. The Morgan fingerprint density at radius 3 is 2.83 bits per heavy atom. The first-order chi connectivity index (χ1) is 8.68. The van der Waals surface area contributed by atoms with Gasteiger partial charge in [0.25, 0.3) is 0 Å². The minimum atomic E-state index is -0.975. The van der Waals surface area contributed by atoms with E-state index in [9.17, 15) is 4.79 Å². The molecule has 0 saturated heterocycles.